The molecule has 1 unspecified atom stereocenters. The van der Waals surface area contributed by atoms with Crippen molar-refractivity contribution in [2.24, 2.45) is 0 Å². The molecule has 0 saturated carbocycles. The molecule has 2 fully saturated rings. The van der Waals surface area contributed by atoms with E-state index < -0.39 is 0 Å². The van der Waals surface area contributed by atoms with Crippen LogP contribution in [0.3, 0.4) is 0 Å². The monoisotopic (exact) mass is 284 g/mol. The number of rotatable bonds is 1. The largest absolute Gasteiger partial charge is 0.367 e. The van der Waals surface area contributed by atoms with Gasteiger partial charge in [0.05, 0.1) is 15.7 Å². The Morgan fingerprint density at radius 1 is 1.06 bits per heavy atom. The maximum atomic E-state index is 6.31. The topological polar surface area (TPSA) is 6.48 Å². The van der Waals surface area contributed by atoms with Crippen LogP contribution < -0.4 is 4.90 Å². The predicted octanol–water partition coefficient (Wildman–Crippen LogP) is 3.67. The highest BCUT2D eigenvalue weighted by atomic mass is 35.5. The van der Waals surface area contributed by atoms with Crippen molar-refractivity contribution in [3.8, 4) is 0 Å². The van der Waals surface area contributed by atoms with Gasteiger partial charge in [0.2, 0.25) is 0 Å². The molecule has 1 aromatic carbocycles. The van der Waals surface area contributed by atoms with Gasteiger partial charge in [-0.15, -0.1) is 0 Å². The molecule has 2 aliphatic heterocycles. The summed E-state index contributed by atoms with van der Waals surface area (Å²) < 4.78 is 0. The van der Waals surface area contributed by atoms with Gasteiger partial charge in [0.1, 0.15) is 0 Å². The number of piperidine rings is 1. The highest BCUT2D eigenvalue weighted by Gasteiger charge is 2.29. The number of halogens is 2. The van der Waals surface area contributed by atoms with Crippen LogP contribution in [-0.2, 0) is 0 Å². The number of nitrogens with zero attached hydrogens (tertiary/aromatic N) is 2. The Bertz CT molecular complexity index is 436. The Morgan fingerprint density at radius 3 is 2.83 bits per heavy atom. The quantitative estimate of drug-likeness (QED) is 0.777. The molecule has 2 saturated heterocycles. The van der Waals surface area contributed by atoms with Crippen LogP contribution in [0, 0.1) is 0 Å². The van der Waals surface area contributed by atoms with Gasteiger partial charge in [-0.1, -0.05) is 35.7 Å². The molecule has 0 radical (unpaired) electrons. The molecular formula is C14H18Cl2N2. The summed E-state index contributed by atoms with van der Waals surface area (Å²) in [6, 6.07) is 6.61. The van der Waals surface area contributed by atoms with Crippen molar-refractivity contribution in [2.75, 3.05) is 31.1 Å². The van der Waals surface area contributed by atoms with Crippen molar-refractivity contribution in [3.05, 3.63) is 28.2 Å². The highest BCUT2D eigenvalue weighted by molar-refractivity contribution is 6.43. The van der Waals surface area contributed by atoms with Crippen LogP contribution in [0.5, 0.6) is 0 Å². The first-order chi connectivity index (χ1) is 8.75. The van der Waals surface area contributed by atoms with Crippen LogP contribution >= 0.6 is 23.2 Å². The molecule has 18 heavy (non-hydrogen) atoms. The van der Waals surface area contributed by atoms with Gasteiger partial charge in [0, 0.05) is 25.7 Å². The summed E-state index contributed by atoms with van der Waals surface area (Å²) in [6.07, 6.45) is 4.03. The van der Waals surface area contributed by atoms with Crippen LogP contribution in [0.25, 0.3) is 0 Å². The Kier molecular flexibility index (Phi) is 3.69. The third kappa shape index (κ3) is 2.34. The molecule has 0 N–H and O–H groups in total. The van der Waals surface area contributed by atoms with Gasteiger partial charge in [-0.05, 0) is 31.5 Å². The lowest BCUT2D eigenvalue weighted by Gasteiger charge is -2.45. The number of benzene rings is 1. The molecule has 2 nitrogen and oxygen atoms in total. The van der Waals surface area contributed by atoms with Crippen LogP contribution in [0.2, 0.25) is 10.0 Å². The van der Waals surface area contributed by atoms with Crippen LogP contribution in [-0.4, -0.2) is 37.1 Å². The van der Waals surface area contributed by atoms with Crippen LogP contribution in [0.4, 0.5) is 5.69 Å². The van der Waals surface area contributed by atoms with Gasteiger partial charge in [-0.2, -0.15) is 0 Å². The lowest BCUT2D eigenvalue weighted by atomic mass is 9.99. The molecule has 3 rings (SSSR count). The summed E-state index contributed by atoms with van der Waals surface area (Å²) >= 11 is 12.4. The minimum absolute atomic E-state index is 0.653. The van der Waals surface area contributed by atoms with Crippen molar-refractivity contribution in [1.82, 2.24) is 4.90 Å². The van der Waals surface area contributed by atoms with Crippen LogP contribution in [0.15, 0.2) is 18.2 Å². The number of fused-ring (bicyclic) bond motifs is 1. The fraction of sp³-hybridized carbons (Fsp3) is 0.571. The average molecular weight is 285 g/mol. The lowest BCUT2D eigenvalue weighted by Crippen LogP contribution is -2.54. The summed E-state index contributed by atoms with van der Waals surface area (Å²) in [5, 5.41) is 1.35. The Balaban J connectivity index is 1.79. The Morgan fingerprint density at radius 2 is 1.94 bits per heavy atom. The van der Waals surface area contributed by atoms with Gasteiger partial charge in [0.15, 0.2) is 0 Å². The van der Waals surface area contributed by atoms with Crippen molar-refractivity contribution in [1.29, 1.82) is 0 Å². The molecule has 4 heteroatoms. The van der Waals surface area contributed by atoms with Gasteiger partial charge in [0.25, 0.3) is 0 Å². The van der Waals surface area contributed by atoms with Crippen molar-refractivity contribution >= 4 is 28.9 Å². The molecular weight excluding hydrogens is 267 g/mol. The second-order valence-corrected chi connectivity index (χ2v) is 5.99. The summed E-state index contributed by atoms with van der Waals surface area (Å²) in [4.78, 5) is 5.01. The van der Waals surface area contributed by atoms with E-state index in [1.165, 1.54) is 25.8 Å². The Hall–Kier alpha value is -0.440. The molecule has 0 aromatic heterocycles. The minimum Gasteiger partial charge on any atom is -0.367 e. The van der Waals surface area contributed by atoms with Gasteiger partial charge in [-0.25, -0.2) is 0 Å². The molecule has 0 amide bonds. The first-order valence-electron chi connectivity index (χ1n) is 6.69. The molecule has 0 aliphatic carbocycles. The van der Waals surface area contributed by atoms with E-state index in [1.807, 2.05) is 12.1 Å². The van der Waals surface area contributed by atoms with E-state index in [4.69, 9.17) is 23.2 Å². The molecule has 2 heterocycles. The van der Waals surface area contributed by atoms with E-state index in [0.29, 0.717) is 16.1 Å². The predicted molar refractivity (Wildman–Crippen MR) is 77.9 cm³/mol. The summed E-state index contributed by atoms with van der Waals surface area (Å²) in [5.74, 6) is 0. The maximum Gasteiger partial charge on any atom is 0.0825 e. The smallest absolute Gasteiger partial charge is 0.0825 e. The first-order valence-corrected chi connectivity index (χ1v) is 7.44. The standard InChI is InChI=1S/C14H18Cl2N2/c15-12-5-3-6-13(14(12)16)18-9-8-17-7-2-1-4-11(17)10-18/h3,5-6,11H,1-2,4,7-10H2. The molecule has 2 aliphatic rings. The van der Waals surface area contributed by atoms with E-state index in [2.05, 4.69) is 15.9 Å². The molecule has 1 aromatic rings. The molecule has 98 valence electrons. The molecule has 0 spiro atoms. The van der Waals surface area contributed by atoms with E-state index in [1.54, 1.807) is 0 Å². The van der Waals surface area contributed by atoms with Crippen molar-refractivity contribution in [3.63, 3.8) is 0 Å². The number of anilines is 1. The fourth-order valence-electron chi connectivity index (χ4n) is 3.11. The third-order valence-corrected chi connectivity index (χ3v) is 4.92. The van der Waals surface area contributed by atoms with Gasteiger partial charge < -0.3 is 4.90 Å². The van der Waals surface area contributed by atoms with Crippen LogP contribution in [0.1, 0.15) is 19.3 Å². The highest BCUT2D eigenvalue weighted by Crippen LogP contribution is 2.34. The normalized spacial score (nSPS) is 25.0. The van der Waals surface area contributed by atoms with E-state index >= 15 is 0 Å². The third-order valence-electron chi connectivity index (χ3n) is 4.11. The van der Waals surface area contributed by atoms with Gasteiger partial charge >= 0.3 is 0 Å². The van der Waals surface area contributed by atoms with E-state index in [0.717, 1.165) is 25.3 Å². The molecule has 0 bridgehead atoms. The summed E-state index contributed by atoms with van der Waals surface area (Å²) in [6.45, 7) is 4.55. The van der Waals surface area contributed by atoms with Crippen molar-refractivity contribution in [2.45, 2.75) is 25.3 Å². The zero-order chi connectivity index (χ0) is 12.5. The SMILES string of the molecule is Clc1cccc(N2CCN3CCCCC3C2)c1Cl. The maximum absolute atomic E-state index is 6.31. The van der Waals surface area contributed by atoms with Crippen molar-refractivity contribution < 1.29 is 0 Å². The molecule has 1 atom stereocenters. The number of hydrogen-bond donors (Lipinski definition) is 0. The lowest BCUT2D eigenvalue weighted by molar-refractivity contribution is 0.133. The average Bonchev–Trinajstić information content (AvgIpc) is 2.41. The minimum atomic E-state index is 0.653. The first kappa shape index (κ1) is 12.6. The van der Waals surface area contributed by atoms with E-state index in [-0.39, 0.29) is 0 Å². The van der Waals surface area contributed by atoms with E-state index in [9.17, 15) is 0 Å². The second-order valence-electron chi connectivity index (χ2n) is 5.20. The zero-order valence-electron chi connectivity index (χ0n) is 10.4. The zero-order valence-corrected chi connectivity index (χ0v) is 11.9. The Labute approximate surface area is 118 Å². The second kappa shape index (κ2) is 5.28. The fourth-order valence-corrected chi connectivity index (χ4v) is 3.53. The summed E-state index contributed by atoms with van der Waals surface area (Å²) in [5.41, 5.74) is 1.09. The summed E-state index contributed by atoms with van der Waals surface area (Å²) in [7, 11) is 0. The van der Waals surface area contributed by atoms with Gasteiger partial charge in [-0.3, -0.25) is 4.90 Å². The number of hydrogen-bond acceptors (Lipinski definition) is 2. The number of piperazine rings is 1.